The fourth-order valence-corrected chi connectivity index (χ4v) is 4.24. The van der Waals surface area contributed by atoms with E-state index in [1.807, 2.05) is 12.1 Å². The third-order valence-corrected chi connectivity index (χ3v) is 6.01. The molecule has 1 aliphatic rings. The summed E-state index contributed by atoms with van der Waals surface area (Å²) in [7, 11) is 0. The van der Waals surface area contributed by atoms with Gasteiger partial charge < -0.3 is 5.32 Å². The minimum Gasteiger partial charge on any atom is -0.350 e. The summed E-state index contributed by atoms with van der Waals surface area (Å²) in [6, 6.07) is 11.7. The Morgan fingerprint density at radius 2 is 2.04 bits per heavy atom. The molecular weight excluding hydrogens is 340 g/mol. The maximum absolute atomic E-state index is 12.5. The van der Waals surface area contributed by atoms with Crippen molar-refractivity contribution < 1.29 is 4.79 Å². The molecule has 0 bridgehead atoms. The maximum Gasteiger partial charge on any atom is 0.252 e. The van der Waals surface area contributed by atoms with E-state index in [4.69, 9.17) is 11.6 Å². The zero-order valence-electron chi connectivity index (χ0n) is 13.9. The average Bonchev–Trinajstić information content (AvgIpc) is 3.11. The number of carbonyl (C=O) groups is 1. The molecule has 2 heterocycles. The van der Waals surface area contributed by atoms with Gasteiger partial charge in [0.05, 0.1) is 16.6 Å². The van der Waals surface area contributed by atoms with E-state index in [0.29, 0.717) is 17.1 Å². The van der Waals surface area contributed by atoms with Gasteiger partial charge in [-0.2, -0.15) is 0 Å². The second kappa shape index (κ2) is 8.15. The third kappa shape index (κ3) is 4.18. The smallest absolute Gasteiger partial charge is 0.252 e. The van der Waals surface area contributed by atoms with Crippen LogP contribution in [0.15, 0.2) is 41.8 Å². The van der Waals surface area contributed by atoms with Gasteiger partial charge in [0, 0.05) is 11.4 Å². The molecule has 5 heteroatoms. The van der Waals surface area contributed by atoms with Gasteiger partial charge in [0.1, 0.15) is 0 Å². The van der Waals surface area contributed by atoms with Crippen molar-refractivity contribution in [2.75, 3.05) is 19.6 Å². The van der Waals surface area contributed by atoms with E-state index < -0.39 is 0 Å². The first-order valence-electron chi connectivity index (χ1n) is 8.45. The molecule has 0 aliphatic carbocycles. The second-order valence-electron chi connectivity index (χ2n) is 6.44. The lowest BCUT2D eigenvalue weighted by Gasteiger charge is -2.36. The SMILES string of the molecule is CC1CCN([C@H](CNC(=O)c2ccccc2Cl)c2cccs2)CC1. The highest BCUT2D eigenvalue weighted by molar-refractivity contribution is 7.10. The number of thiophene rings is 1. The van der Waals surface area contributed by atoms with Gasteiger partial charge in [-0.25, -0.2) is 0 Å². The van der Waals surface area contributed by atoms with Crippen LogP contribution in [0.25, 0.3) is 0 Å². The highest BCUT2D eigenvalue weighted by Gasteiger charge is 2.26. The number of hydrogen-bond donors (Lipinski definition) is 1. The molecule has 3 nitrogen and oxygen atoms in total. The van der Waals surface area contributed by atoms with Crippen LogP contribution in [-0.4, -0.2) is 30.4 Å². The molecule has 3 rings (SSSR count). The fourth-order valence-electron chi connectivity index (χ4n) is 3.16. The van der Waals surface area contributed by atoms with E-state index in [1.165, 1.54) is 17.7 Å². The molecule has 1 atom stereocenters. The summed E-state index contributed by atoms with van der Waals surface area (Å²) in [5.74, 6) is 0.690. The van der Waals surface area contributed by atoms with Gasteiger partial charge >= 0.3 is 0 Å². The minimum absolute atomic E-state index is 0.104. The normalized spacial score (nSPS) is 17.6. The van der Waals surface area contributed by atoms with E-state index in [-0.39, 0.29) is 11.9 Å². The molecule has 1 aromatic carbocycles. The number of amides is 1. The van der Waals surface area contributed by atoms with E-state index in [9.17, 15) is 4.79 Å². The van der Waals surface area contributed by atoms with Crippen molar-refractivity contribution in [2.45, 2.75) is 25.8 Å². The predicted molar refractivity (Wildman–Crippen MR) is 101 cm³/mol. The number of rotatable bonds is 5. The standard InChI is InChI=1S/C19H23ClN2OS/c1-14-8-10-22(11-9-14)17(18-7-4-12-24-18)13-21-19(23)15-5-2-3-6-16(15)20/h2-7,12,14,17H,8-11,13H2,1H3,(H,21,23)/t17-/m1/s1. The van der Waals surface area contributed by atoms with Gasteiger partial charge in [0.15, 0.2) is 0 Å². The van der Waals surface area contributed by atoms with Crippen molar-refractivity contribution in [3.63, 3.8) is 0 Å². The summed E-state index contributed by atoms with van der Waals surface area (Å²) in [6.07, 6.45) is 2.45. The number of nitrogens with zero attached hydrogens (tertiary/aromatic N) is 1. The molecular formula is C19H23ClN2OS. The summed E-state index contributed by atoms with van der Waals surface area (Å²) >= 11 is 7.89. The van der Waals surface area contributed by atoms with Gasteiger partial charge in [-0.3, -0.25) is 9.69 Å². The number of benzene rings is 1. The van der Waals surface area contributed by atoms with Crippen LogP contribution >= 0.6 is 22.9 Å². The summed E-state index contributed by atoms with van der Waals surface area (Å²) in [5, 5.41) is 5.68. The van der Waals surface area contributed by atoms with E-state index in [2.05, 4.69) is 34.7 Å². The molecule has 24 heavy (non-hydrogen) atoms. The summed E-state index contributed by atoms with van der Waals surface area (Å²) < 4.78 is 0. The van der Waals surface area contributed by atoms with Crippen molar-refractivity contribution in [3.05, 3.63) is 57.2 Å². The molecule has 1 amide bonds. The monoisotopic (exact) mass is 362 g/mol. The quantitative estimate of drug-likeness (QED) is 0.842. The van der Waals surface area contributed by atoms with Crippen LogP contribution in [0.2, 0.25) is 5.02 Å². The predicted octanol–water partition coefficient (Wildman–Crippen LogP) is 4.60. The Morgan fingerprint density at radius 3 is 2.71 bits per heavy atom. The first-order chi connectivity index (χ1) is 11.6. The highest BCUT2D eigenvalue weighted by atomic mass is 35.5. The molecule has 1 fully saturated rings. The number of nitrogens with one attached hydrogen (secondary N) is 1. The van der Waals surface area contributed by atoms with E-state index in [1.54, 1.807) is 23.5 Å². The minimum atomic E-state index is -0.104. The van der Waals surface area contributed by atoms with Gasteiger partial charge in [0.25, 0.3) is 5.91 Å². The molecule has 2 aromatic rings. The van der Waals surface area contributed by atoms with Crippen LogP contribution in [0.5, 0.6) is 0 Å². The van der Waals surface area contributed by atoms with Crippen molar-refractivity contribution in [3.8, 4) is 0 Å². The van der Waals surface area contributed by atoms with Crippen LogP contribution in [0.1, 0.15) is 41.0 Å². The lowest BCUT2D eigenvalue weighted by molar-refractivity contribution is 0.0915. The van der Waals surface area contributed by atoms with Crippen molar-refractivity contribution in [1.29, 1.82) is 0 Å². The summed E-state index contributed by atoms with van der Waals surface area (Å²) in [4.78, 5) is 16.3. The van der Waals surface area contributed by atoms with Gasteiger partial charge in [-0.05, 0) is 55.4 Å². The van der Waals surface area contributed by atoms with Crippen LogP contribution < -0.4 is 5.32 Å². The molecule has 1 saturated heterocycles. The molecule has 1 N–H and O–H groups in total. The second-order valence-corrected chi connectivity index (χ2v) is 7.83. The Bertz CT molecular complexity index is 666. The Kier molecular flexibility index (Phi) is 5.93. The fraction of sp³-hybridized carbons (Fsp3) is 0.421. The van der Waals surface area contributed by atoms with E-state index >= 15 is 0 Å². The molecule has 0 spiro atoms. The maximum atomic E-state index is 12.5. The van der Waals surface area contributed by atoms with Crippen molar-refractivity contribution in [1.82, 2.24) is 10.2 Å². The van der Waals surface area contributed by atoms with Gasteiger partial charge in [-0.1, -0.05) is 36.7 Å². The van der Waals surface area contributed by atoms with Crippen LogP contribution in [0, 0.1) is 5.92 Å². The van der Waals surface area contributed by atoms with E-state index in [0.717, 1.165) is 19.0 Å². The first kappa shape index (κ1) is 17.5. The Morgan fingerprint density at radius 1 is 1.29 bits per heavy atom. The number of likely N-dealkylation sites (tertiary alicyclic amines) is 1. The lowest BCUT2D eigenvalue weighted by Crippen LogP contribution is -2.41. The molecule has 1 aromatic heterocycles. The molecule has 1 aliphatic heterocycles. The molecule has 0 saturated carbocycles. The largest absolute Gasteiger partial charge is 0.350 e. The third-order valence-electron chi connectivity index (χ3n) is 4.71. The zero-order chi connectivity index (χ0) is 16.9. The van der Waals surface area contributed by atoms with Crippen LogP contribution in [0.4, 0.5) is 0 Å². The first-order valence-corrected chi connectivity index (χ1v) is 9.71. The van der Waals surface area contributed by atoms with Crippen LogP contribution in [-0.2, 0) is 0 Å². The van der Waals surface area contributed by atoms with Crippen molar-refractivity contribution in [2.24, 2.45) is 5.92 Å². The van der Waals surface area contributed by atoms with Crippen molar-refractivity contribution >= 4 is 28.8 Å². The summed E-state index contributed by atoms with van der Waals surface area (Å²) in [5.41, 5.74) is 0.538. The lowest BCUT2D eigenvalue weighted by atomic mass is 9.97. The molecule has 128 valence electrons. The number of halogens is 1. The zero-order valence-corrected chi connectivity index (χ0v) is 15.4. The number of carbonyl (C=O) groups excluding carboxylic acids is 1. The Balaban J connectivity index is 1.68. The molecule has 0 unspecified atom stereocenters. The van der Waals surface area contributed by atoms with Crippen LogP contribution in [0.3, 0.4) is 0 Å². The topological polar surface area (TPSA) is 32.3 Å². The number of hydrogen-bond acceptors (Lipinski definition) is 3. The number of piperidine rings is 1. The highest BCUT2D eigenvalue weighted by Crippen LogP contribution is 2.29. The van der Waals surface area contributed by atoms with Gasteiger partial charge in [-0.15, -0.1) is 11.3 Å². The Hall–Kier alpha value is -1.36. The van der Waals surface area contributed by atoms with Gasteiger partial charge in [0.2, 0.25) is 0 Å². The molecule has 0 radical (unpaired) electrons. The summed E-state index contributed by atoms with van der Waals surface area (Å²) in [6.45, 7) is 5.10. The average molecular weight is 363 g/mol. The Labute approximate surface area is 152 Å².